The number of aromatic amines is 1. The minimum atomic E-state index is 0.00352. The molecule has 3 rings (SSSR count). The molecule has 1 atom stereocenters. The summed E-state index contributed by atoms with van der Waals surface area (Å²) < 4.78 is 0. The van der Waals surface area contributed by atoms with Gasteiger partial charge in [0.05, 0.1) is 6.04 Å². The number of benzene rings is 1. The van der Waals surface area contributed by atoms with Crippen LogP contribution in [0.1, 0.15) is 31.9 Å². The van der Waals surface area contributed by atoms with Gasteiger partial charge in [0.25, 0.3) is 0 Å². The number of hydrogen-bond donors (Lipinski definition) is 2. The Hall–Kier alpha value is -2.23. The van der Waals surface area contributed by atoms with E-state index in [4.69, 9.17) is 0 Å². The maximum absolute atomic E-state index is 12.3. The molecule has 21 heavy (non-hydrogen) atoms. The normalized spacial score (nSPS) is 16.7. The van der Waals surface area contributed by atoms with Gasteiger partial charge in [-0.1, -0.05) is 17.7 Å². The highest BCUT2D eigenvalue weighted by molar-refractivity contribution is 5.80. The molecule has 0 radical (unpaired) electrons. The van der Waals surface area contributed by atoms with Gasteiger partial charge in [0, 0.05) is 24.8 Å². The van der Waals surface area contributed by atoms with Gasteiger partial charge >= 0.3 is 6.03 Å². The fourth-order valence-corrected chi connectivity index (χ4v) is 2.66. The maximum atomic E-state index is 12.3. The molecular formula is C17H21N3O. The summed E-state index contributed by atoms with van der Waals surface area (Å²) in [5.41, 5.74) is 3.61. The van der Waals surface area contributed by atoms with Crippen LogP contribution in [0.15, 0.2) is 42.1 Å². The van der Waals surface area contributed by atoms with Crippen LogP contribution in [0, 0.1) is 0 Å². The first-order valence-corrected chi connectivity index (χ1v) is 7.41. The molecule has 0 bridgehead atoms. The van der Waals surface area contributed by atoms with Crippen LogP contribution in [0.25, 0.3) is 10.9 Å². The van der Waals surface area contributed by atoms with Crippen molar-refractivity contribution in [2.24, 2.45) is 0 Å². The summed E-state index contributed by atoms with van der Waals surface area (Å²) in [6.07, 6.45) is 5.02. The maximum Gasteiger partial charge on any atom is 0.318 e. The highest BCUT2D eigenvalue weighted by atomic mass is 16.2. The number of rotatable bonds is 2. The summed E-state index contributed by atoms with van der Waals surface area (Å²) in [5, 5.41) is 4.26. The lowest BCUT2D eigenvalue weighted by Crippen LogP contribution is -2.43. The third-order valence-corrected chi connectivity index (χ3v) is 4.14. The number of H-pyrrole nitrogens is 1. The van der Waals surface area contributed by atoms with Crippen molar-refractivity contribution >= 4 is 16.9 Å². The van der Waals surface area contributed by atoms with E-state index in [-0.39, 0.29) is 12.1 Å². The summed E-state index contributed by atoms with van der Waals surface area (Å²) in [6, 6.07) is 8.30. The smallest absolute Gasteiger partial charge is 0.318 e. The quantitative estimate of drug-likeness (QED) is 0.813. The Balaban J connectivity index is 1.67. The number of fused-ring (bicyclic) bond motifs is 1. The fourth-order valence-electron chi connectivity index (χ4n) is 2.66. The van der Waals surface area contributed by atoms with Crippen molar-refractivity contribution in [1.82, 2.24) is 15.2 Å². The number of nitrogens with one attached hydrogen (secondary N) is 2. The van der Waals surface area contributed by atoms with Gasteiger partial charge < -0.3 is 15.2 Å². The molecule has 1 aliphatic heterocycles. The Morgan fingerprint density at radius 2 is 2.24 bits per heavy atom. The van der Waals surface area contributed by atoms with E-state index < -0.39 is 0 Å². The molecule has 2 heterocycles. The third kappa shape index (κ3) is 2.94. The topological polar surface area (TPSA) is 48.1 Å². The molecule has 1 unspecified atom stereocenters. The van der Waals surface area contributed by atoms with Gasteiger partial charge in [-0.25, -0.2) is 4.79 Å². The van der Waals surface area contributed by atoms with Crippen LogP contribution in [-0.4, -0.2) is 29.0 Å². The van der Waals surface area contributed by atoms with Gasteiger partial charge in [0.1, 0.15) is 0 Å². The molecule has 4 heteroatoms. The number of aromatic nitrogens is 1. The molecule has 0 saturated carbocycles. The van der Waals surface area contributed by atoms with Gasteiger partial charge in [-0.2, -0.15) is 0 Å². The van der Waals surface area contributed by atoms with E-state index in [1.807, 2.05) is 24.1 Å². The molecule has 110 valence electrons. The van der Waals surface area contributed by atoms with Crippen LogP contribution in [0.2, 0.25) is 0 Å². The summed E-state index contributed by atoms with van der Waals surface area (Å²) in [6.45, 7) is 5.65. The minimum Gasteiger partial charge on any atom is -0.361 e. The van der Waals surface area contributed by atoms with E-state index in [1.165, 1.54) is 11.0 Å². The zero-order chi connectivity index (χ0) is 14.8. The third-order valence-electron chi connectivity index (χ3n) is 4.14. The van der Waals surface area contributed by atoms with Gasteiger partial charge in [-0.3, -0.25) is 0 Å². The molecule has 1 aliphatic rings. The van der Waals surface area contributed by atoms with E-state index >= 15 is 0 Å². The highest BCUT2D eigenvalue weighted by Crippen LogP contribution is 2.20. The van der Waals surface area contributed by atoms with Crippen LogP contribution in [0.3, 0.4) is 0 Å². The molecule has 2 amide bonds. The average molecular weight is 283 g/mol. The van der Waals surface area contributed by atoms with Gasteiger partial charge in [0.15, 0.2) is 0 Å². The van der Waals surface area contributed by atoms with E-state index in [0.29, 0.717) is 6.54 Å². The Bertz CT molecular complexity index is 686. The number of hydrogen-bond acceptors (Lipinski definition) is 1. The zero-order valence-corrected chi connectivity index (χ0v) is 12.5. The fraction of sp³-hybridized carbons (Fsp3) is 0.353. The average Bonchev–Trinajstić information content (AvgIpc) is 2.95. The number of urea groups is 1. The van der Waals surface area contributed by atoms with Crippen molar-refractivity contribution in [3.05, 3.63) is 47.7 Å². The Kier molecular flexibility index (Phi) is 3.69. The summed E-state index contributed by atoms with van der Waals surface area (Å²) in [4.78, 5) is 17.3. The van der Waals surface area contributed by atoms with Crippen LogP contribution in [0.5, 0.6) is 0 Å². The van der Waals surface area contributed by atoms with Crippen molar-refractivity contribution in [3.63, 3.8) is 0 Å². The molecule has 1 aromatic heterocycles. The van der Waals surface area contributed by atoms with Crippen LogP contribution in [0.4, 0.5) is 4.79 Å². The van der Waals surface area contributed by atoms with Gasteiger partial charge in [0.2, 0.25) is 0 Å². The zero-order valence-electron chi connectivity index (χ0n) is 12.5. The number of carbonyl (C=O) groups excluding carboxylic acids is 1. The van der Waals surface area contributed by atoms with E-state index in [1.54, 1.807) is 0 Å². The van der Waals surface area contributed by atoms with Gasteiger partial charge in [-0.05, 0) is 49.4 Å². The van der Waals surface area contributed by atoms with Crippen molar-refractivity contribution in [2.45, 2.75) is 26.3 Å². The second kappa shape index (κ2) is 5.64. The van der Waals surface area contributed by atoms with Crippen LogP contribution >= 0.6 is 0 Å². The highest BCUT2D eigenvalue weighted by Gasteiger charge is 2.18. The van der Waals surface area contributed by atoms with Crippen molar-refractivity contribution < 1.29 is 4.79 Å². The summed E-state index contributed by atoms with van der Waals surface area (Å²) >= 11 is 0. The molecule has 0 aliphatic carbocycles. The molecule has 2 aromatic rings. The van der Waals surface area contributed by atoms with Crippen LogP contribution in [-0.2, 0) is 0 Å². The molecule has 0 spiro atoms. The lowest BCUT2D eigenvalue weighted by Gasteiger charge is -2.27. The first-order chi connectivity index (χ1) is 10.1. The van der Waals surface area contributed by atoms with E-state index in [0.717, 1.165) is 24.0 Å². The molecule has 0 saturated heterocycles. The predicted molar refractivity (Wildman–Crippen MR) is 85.2 cm³/mol. The van der Waals surface area contributed by atoms with E-state index in [2.05, 4.69) is 41.5 Å². The van der Waals surface area contributed by atoms with Crippen molar-refractivity contribution in [1.29, 1.82) is 0 Å². The van der Waals surface area contributed by atoms with Crippen molar-refractivity contribution in [2.75, 3.05) is 13.1 Å². The standard InChI is InChI=1S/C17H21N3O/c1-12-6-9-20(10-7-12)17(21)19-13(2)14-3-4-16-15(11-14)5-8-18-16/h3-6,8,11,13,18H,7,9-10H2,1-2H3,(H,19,21). The van der Waals surface area contributed by atoms with Crippen LogP contribution < -0.4 is 5.32 Å². The molecule has 4 nitrogen and oxygen atoms in total. The number of amides is 2. The number of nitrogens with zero attached hydrogens (tertiary/aromatic N) is 1. The first kappa shape index (κ1) is 13.7. The lowest BCUT2D eigenvalue weighted by atomic mass is 10.1. The Labute approximate surface area is 124 Å². The largest absolute Gasteiger partial charge is 0.361 e. The lowest BCUT2D eigenvalue weighted by molar-refractivity contribution is 0.198. The SMILES string of the molecule is CC1=CCN(C(=O)NC(C)c2ccc3[nH]ccc3c2)CC1. The first-order valence-electron chi connectivity index (χ1n) is 7.41. The molecular weight excluding hydrogens is 262 g/mol. The van der Waals surface area contributed by atoms with Crippen molar-refractivity contribution in [3.8, 4) is 0 Å². The molecule has 1 aromatic carbocycles. The second-order valence-corrected chi connectivity index (χ2v) is 5.74. The summed E-state index contributed by atoms with van der Waals surface area (Å²) in [5.74, 6) is 0. The predicted octanol–water partition coefficient (Wildman–Crippen LogP) is 3.59. The monoisotopic (exact) mass is 283 g/mol. The summed E-state index contributed by atoms with van der Waals surface area (Å²) in [7, 11) is 0. The Morgan fingerprint density at radius 3 is 3.00 bits per heavy atom. The van der Waals surface area contributed by atoms with E-state index in [9.17, 15) is 4.79 Å². The molecule has 2 N–H and O–H groups in total. The second-order valence-electron chi connectivity index (χ2n) is 5.74. The number of carbonyl (C=O) groups is 1. The van der Waals surface area contributed by atoms with Gasteiger partial charge in [-0.15, -0.1) is 0 Å². The minimum absolute atomic E-state index is 0.00352. The molecule has 0 fully saturated rings. The Morgan fingerprint density at radius 1 is 1.38 bits per heavy atom.